The number of piperidine rings is 1. The van der Waals surface area contributed by atoms with Gasteiger partial charge in [0.05, 0.1) is 11.7 Å². The Balaban J connectivity index is 1.62. The van der Waals surface area contributed by atoms with Crippen LogP contribution in [0, 0.1) is 5.92 Å². The third-order valence-corrected chi connectivity index (χ3v) is 4.74. The van der Waals surface area contributed by atoms with E-state index in [0.717, 1.165) is 25.9 Å². The van der Waals surface area contributed by atoms with Gasteiger partial charge in [0.2, 0.25) is 5.91 Å². The number of pyridine rings is 1. The minimum absolute atomic E-state index is 0.0341. The van der Waals surface area contributed by atoms with Gasteiger partial charge in [-0.05, 0) is 55.8 Å². The molecule has 1 saturated heterocycles. The van der Waals surface area contributed by atoms with Crippen molar-refractivity contribution in [2.75, 3.05) is 13.1 Å². The predicted molar refractivity (Wildman–Crippen MR) is 92.5 cm³/mol. The van der Waals surface area contributed by atoms with Crippen LogP contribution in [-0.4, -0.2) is 30.3 Å². The van der Waals surface area contributed by atoms with Crippen molar-refractivity contribution in [3.8, 4) is 11.5 Å². The van der Waals surface area contributed by atoms with E-state index in [2.05, 4.69) is 25.1 Å². The number of carbonyl (C=O) groups excluding carboxylic acids is 1. The molecule has 1 fully saturated rings. The summed E-state index contributed by atoms with van der Waals surface area (Å²) in [6.45, 7) is 1.59. The minimum Gasteiger partial charge on any atom is -0.395 e. The topological polar surface area (TPSA) is 72.5 Å². The number of benzene rings is 1. The molecule has 4 rings (SSSR count). The zero-order chi connectivity index (χ0) is 18.9. The number of ether oxygens (including phenoxy) is 2. The molecule has 2 aromatic rings. The van der Waals surface area contributed by atoms with Crippen LogP contribution in [0.25, 0.3) is 0 Å². The molecule has 1 amide bonds. The number of nitrogens with zero attached hydrogens (tertiary/aromatic N) is 1. The van der Waals surface area contributed by atoms with Crippen LogP contribution in [0.2, 0.25) is 0 Å². The number of halogens is 2. The van der Waals surface area contributed by atoms with Crippen LogP contribution in [0.15, 0.2) is 42.6 Å². The summed E-state index contributed by atoms with van der Waals surface area (Å²) < 4.78 is 35.6. The van der Waals surface area contributed by atoms with E-state index >= 15 is 0 Å². The number of hydrogen-bond acceptors (Lipinski definition) is 5. The normalized spacial score (nSPS) is 19.5. The molecule has 0 bridgehead atoms. The van der Waals surface area contributed by atoms with E-state index in [0.29, 0.717) is 11.3 Å². The number of carbonyl (C=O) groups is 1. The van der Waals surface area contributed by atoms with Crippen molar-refractivity contribution >= 4 is 5.91 Å². The summed E-state index contributed by atoms with van der Waals surface area (Å²) in [5.74, 6) is -0.256. The fourth-order valence-corrected chi connectivity index (χ4v) is 3.36. The quantitative estimate of drug-likeness (QED) is 0.860. The highest BCUT2D eigenvalue weighted by molar-refractivity contribution is 5.79. The lowest BCUT2D eigenvalue weighted by molar-refractivity contribution is -0.286. The fourth-order valence-electron chi connectivity index (χ4n) is 3.36. The zero-order valence-electron chi connectivity index (χ0n) is 14.5. The van der Waals surface area contributed by atoms with E-state index in [9.17, 15) is 13.6 Å². The second kappa shape index (κ2) is 7.11. The molecule has 1 aromatic carbocycles. The van der Waals surface area contributed by atoms with Gasteiger partial charge in [-0.25, -0.2) is 0 Å². The lowest BCUT2D eigenvalue weighted by Gasteiger charge is -2.25. The Morgan fingerprint density at radius 3 is 2.70 bits per heavy atom. The summed E-state index contributed by atoms with van der Waals surface area (Å²) >= 11 is 0. The molecule has 2 aliphatic rings. The van der Waals surface area contributed by atoms with Gasteiger partial charge in [0.15, 0.2) is 11.5 Å². The van der Waals surface area contributed by atoms with Crippen molar-refractivity contribution in [2.45, 2.75) is 25.2 Å². The molecule has 1 unspecified atom stereocenters. The first-order valence-electron chi connectivity index (χ1n) is 8.84. The summed E-state index contributed by atoms with van der Waals surface area (Å²) in [5, 5.41) is 6.25. The molecule has 0 spiro atoms. The van der Waals surface area contributed by atoms with E-state index in [1.807, 2.05) is 6.07 Å². The van der Waals surface area contributed by atoms with Crippen molar-refractivity contribution in [3.05, 3.63) is 53.9 Å². The number of aromatic nitrogens is 1. The Bertz CT molecular complexity index is 826. The molecule has 2 N–H and O–H groups in total. The zero-order valence-corrected chi connectivity index (χ0v) is 14.5. The Morgan fingerprint density at radius 2 is 1.96 bits per heavy atom. The highest BCUT2D eigenvalue weighted by atomic mass is 19.3. The monoisotopic (exact) mass is 375 g/mol. The standard InChI is InChI=1S/C19H19F2N3O3/c20-19(21)26-15-5-4-13(11-16(15)27-19)17(14-3-1-2-8-23-14)24-18(25)12-6-9-22-10-7-12/h1-5,8,11-12,17,22H,6-7,9-10H2,(H,24,25). The molecule has 6 nitrogen and oxygen atoms in total. The molecule has 142 valence electrons. The second-order valence-electron chi connectivity index (χ2n) is 6.59. The summed E-state index contributed by atoms with van der Waals surface area (Å²) in [6.07, 6.45) is -0.539. The number of amides is 1. The third kappa shape index (κ3) is 3.85. The molecule has 0 aliphatic carbocycles. The first-order valence-corrected chi connectivity index (χ1v) is 8.84. The molecule has 1 atom stereocenters. The Labute approximate surface area is 154 Å². The van der Waals surface area contributed by atoms with Gasteiger partial charge in [0.25, 0.3) is 0 Å². The Morgan fingerprint density at radius 1 is 1.19 bits per heavy atom. The first-order chi connectivity index (χ1) is 13.0. The van der Waals surface area contributed by atoms with E-state index in [-0.39, 0.29) is 23.3 Å². The van der Waals surface area contributed by atoms with E-state index in [4.69, 9.17) is 0 Å². The van der Waals surface area contributed by atoms with Gasteiger partial charge in [-0.15, -0.1) is 8.78 Å². The van der Waals surface area contributed by atoms with Crippen LogP contribution in [0.4, 0.5) is 8.78 Å². The largest absolute Gasteiger partial charge is 0.586 e. The Hall–Kier alpha value is -2.74. The maximum atomic E-state index is 13.3. The third-order valence-electron chi connectivity index (χ3n) is 4.74. The van der Waals surface area contributed by atoms with Gasteiger partial charge >= 0.3 is 6.29 Å². The lowest BCUT2D eigenvalue weighted by atomic mass is 9.95. The fraction of sp³-hybridized carbons (Fsp3) is 0.368. The van der Waals surface area contributed by atoms with Crippen LogP contribution >= 0.6 is 0 Å². The van der Waals surface area contributed by atoms with Crippen molar-refractivity contribution < 1.29 is 23.0 Å². The molecule has 1 aromatic heterocycles. The van der Waals surface area contributed by atoms with Crippen molar-refractivity contribution in [1.29, 1.82) is 0 Å². The highest BCUT2D eigenvalue weighted by Gasteiger charge is 2.43. The number of nitrogens with one attached hydrogen (secondary N) is 2. The molecule has 3 heterocycles. The maximum absolute atomic E-state index is 13.3. The van der Waals surface area contributed by atoms with E-state index in [1.165, 1.54) is 12.1 Å². The number of alkyl halides is 2. The average molecular weight is 375 g/mol. The van der Waals surface area contributed by atoms with Gasteiger partial charge < -0.3 is 20.1 Å². The predicted octanol–water partition coefficient (Wildman–Crippen LogP) is 2.61. The van der Waals surface area contributed by atoms with Crippen molar-refractivity contribution in [3.63, 3.8) is 0 Å². The van der Waals surface area contributed by atoms with Gasteiger partial charge in [-0.2, -0.15) is 0 Å². The molecule has 2 aliphatic heterocycles. The molecule has 0 radical (unpaired) electrons. The summed E-state index contributed by atoms with van der Waals surface area (Å²) in [6, 6.07) is 9.30. The van der Waals surface area contributed by atoms with Crippen LogP contribution < -0.4 is 20.1 Å². The molecule has 27 heavy (non-hydrogen) atoms. The van der Waals surface area contributed by atoms with Gasteiger partial charge in [-0.3, -0.25) is 9.78 Å². The van der Waals surface area contributed by atoms with Crippen LogP contribution in [0.5, 0.6) is 11.5 Å². The summed E-state index contributed by atoms with van der Waals surface area (Å²) in [7, 11) is 0. The number of fused-ring (bicyclic) bond motifs is 1. The second-order valence-corrected chi connectivity index (χ2v) is 6.59. The van der Waals surface area contributed by atoms with Gasteiger partial charge in [-0.1, -0.05) is 12.1 Å². The minimum atomic E-state index is -3.68. The van der Waals surface area contributed by atoms with Crippen LogP contribution in [0.1, 0.15) is 30.1 Å². The van der Waals surface area contributed by atoms with Gasteiger partial charge in [0.1, 0.15) is 0 Å². The highest BCUT2D eigenvalue weighted by Crippen LogP contribution is 2.42. The van der Waals surface area contributed by atoms with Crippen molar-refractivity contribution in [1.82, 2.24) is 15.6 Å². The van der Waals surface area contributed by atoms with Crippen LogP contribution in [-0.2, 0) is 4.79 Å². The van der Waals surface area contributed by atoms with E-state index < -0.39 is 12.3 Å². The molecule has 0 saturated carbocycles. The number of rotatable bonds is 4. The van der Waals surface area contributed by atoms with E-state index in [1.54, 1.807) is 24.4 Å². The molecular formula is C19H19F2N3O3. The summed E-state index contributed by atoms with van der Waals surface area (Å²) in [5.41, 5.74) is 1.21. The molecular weight excluding hydrogens is 356 g/mol. The Kier molecular flexibility index (Phi) is 4.65. The first kappa shape index (κ1) is 17.7. The summed E-state index contributed by atoms with van der Waals surface area (Å²) in [4.78, 5) is 17.1. The lowest BCUT2D eigenvalue weighted by Crippen LogP contribution is -2.40. The maximum Gasteiger partial charge on any atom is 0.586 e. The average Bonchev–Trinajstić information content (AvgIpc) is 3.00. The van der Waals surface area contributed by atoms with Crippen molar-refractivity contribution in [2.24, 2.45) is 5.92 Å². The number of hydrogen-bond donors (Lipinski definition) is 2. The smallest absolute Gasteiger partial charge is 0.395 e. The van der Waals surface area contributed by atoms with Gasteiger partial charge in [0, 0.05) is 12.1 Å². The molecule has 8 heteroatoms. The SMILES string of the molecule is O=C(NC(c1ccc2c(c1)OC(F)(F)O2)c1ccccn1)C1CCNCC1. The van der Waals surface area contributed by atoms with Crippen LogP contribution in [0.3, 0.4) is 0 Å².